The highest BCUT2D eigenvalue weighted by Gasteiger charge is 2.21. The Bertz CT molecular complexity index is 867. The smallest absolute Gasteiger partial charge is 0.0968 e. The molecule has 1 N–H and O–H groups in total. The molecular weight excluding hydrogens is 332 g/mol. The molecule has 2 heterocycles. The Kier molecular flexibility index (Phi) is 5.26. The molecule has 4 nitrogen and oxygen atoms in total. The Hall–Kier alpha value is -2.59. The summed E-state index contributed by atoms with van der Waals surface area (Å²) in [7, 11) is 0. The molecule has 1 aliphatic heterocycles. The zero-order chi connectivity index (χ0) is 18.6. The van der Waals surface area contributed by atoms with E-state index in [0.717, 1.165) is 44.8 Å². The van der Waals surface area contributed by atoms with Crippen LogP contribution in [0.15, 0.2) is 54.6 Å². The first-order valence-corrected chi connectivity index (χ1v) is 9.96. The zero-order valence-electron chi connectivity index (χ0n) is 16.3. The van der Waals surface area contributed by atoms with Crippen LogP contribution in [0, 0.1) is 0 Å². The quantitative estimate of drug-likeness (QED) is 0.704. The number of aromatic nitrogens is 2. The molecule has 0 aliphatic carbocycles. The van der Waals surface area contributed by atoms with E-state index in [4.69, 9.17) is 0 Å². The van der Waals surface area contributed by atoms with Gasteiger partial charge in [-0.25, -0.2) is 0 Å². The molecule has 0 radical (unpaired) electrons. The first kappa shape index (κ1) is 17.8. The van der Waals surface area contributed by atoms with Crippen molar-refractivity contribution >= 4 is 5.69 Å². The van der Waals surface area contributed by atoms with Gasteiger partial charge in [-0.05, 0) is 31.2 Å². The molecule has 0 saturated carbocycles. The van der Waals surface area contributed by atoms with Crippen molar-refractivity contribution in [1.82, 2.24) is 15.1 Å². The maximum absolute atomic E-state index is 4.63. The summed E-state index contributed by atoms with van der Waals surface area (Å²) in [6, 6.07) is 19.5. The maximum atomic E-state index is 4.63. The molecule has 0 bridgehead atoms. The third-order valence-corrected chi connectivity index (χ3v) is 5.56. The van der Waals surface area contributed by atoms with Crippen molar-refractivity contribution in [2.24, 2.45) is 0 Å². The van der Waals surface area contributed by atoms with Gasteiger partial charge in [0.1, 0.15) is 0 Å². The lowest BCUT2D eigenvalue weighted by Gasteiger charge is -2.25. The van der Waals surface area contributed by atoms with E-state index >= 15 is 0 Å². The van der Waals surface area contributed by atoms with Crippen LogP contribution in [-0.2, 0) is 19.5 Å². The average molecular weight is 361 g/mol. The highest BCUT2D eigenvalue weighted by molar-refractivity contribution is 5.67. The lowest BCUT2D eigenvalue weighted by atomic mass is 10.0. The van der Waals surface area contributed by atoms with E-state index in [1.807, 2.05) is 0 Å². The fraction of sp³-hybridized carbons (Fsp3) is 0.348. The van der Waals surface area contributed by atoms with Crippen LogP contribution in [0.1, 0.15) is 30.7 Å². The van der Waals surface area contributed by atoms with E-state index in [9.17, 15) is 0 Å². The monoisotopic (exact) mass is 360 g/mol. The Balaban J connectivity index is 1.55. The number of hydrogen-bond donors (Lipinski definition) is 1. The molecule has 4 rings (SSSR count). The highest BCUT2D eigenvalue weighted by Crippen LogP contribution is 2.30. The molecule has 1 aliphatic rings. The van der Waals surface area contributed by atoms with Crippen molar-refractivity contribution in [3.63, 3.8) is 0 Å². The van der Waals surface area contributed by atoms with Crippen LogP contribution < -0.4 is 4.90 Å². The molecule has 2 aromatic carbocycles. The third kappa shape index (κ3) is 3.76. The number of nitrogens with zero attached hydrogens (tertiary/aromatic N) is 3. The molecule has 0 saturated heterocycles. The summed E-state index contributed by atoms with van der Waals surface area (Å²) in [5, 5.41) is 7.90. The van der Waals surface area contributed by atoms with Crippen LogP contribution in [0.4, 0.5) is 5.69 Å². The molecule has 0 atom stereocenters. The number of H-pyrrole nitrogens is 1. The summed E-state index contributed by atoms with van der Waals surface area (Å²) in [6.07, 6.45) is 1.06. The number of hydrogen-bond acceptors (Lipinski definition) is 3. The number of rotatable bonds is 6. The van der Waals surface area contributed by atoms with Crippen LogP contribution in [0.5, 0.6) is 0 Å². The van der Waals surface area contributed by atoms with Gasteiger partial charge in [-0.2, -0.15) is 5.10 Å². The van der Waals surface area contributed by atoms with E-state index in [0.29, 0.717) is 0 Å². The van der Waals surface area contributed by atoms with Gasteiger partial charge in [0.05, 0.1) is 5.69 Å². The molecular formula is C23H28N4. The van der Waals surface area contributed by atoms with E-state index in [2.05, 4.69) is 88.4 Å². The fourth-order valence-electron chi connectivity index (χ4n) is 3.88. The number of nitrogens with one attached hydrogen (secondary N) is 1. The van der Waals surface area contributed by atoms with E-state index in [1.165, 1.54) is 28.1 Å². The van der Waals surface area contributed by atoms with Crippen LogP contribution in [-0.4, -0.2) is 34.7 Å². The number of aromatic amines is 1. The Labute approximate surface area is 161 Å². The second kappa shape index (κ2) is 7.97. The first-order chi connectivity index (χ1) is 13.3. The van der Waals surface area contributed by atoms with Crippen molar-refractivity contribution in [3.8, 4) is 11.3 Å². The van der Waals surface area contributed by atoms with Gasteiger partial charge in [0.2, 0.25) is 0 Å². The van der Waals surface area contributed by atoms with Crippen molar-refractivity contribution in [1.29, 1.82) is 0 Å². The lowest BCUT2D eigenvalue weighted by molar-refractivity contribution is 0.267. The predicted octanol–water partition coefficient (Wildman–Crippen LogP) is 4.48. The van der Waals surface area contributed by atoms with Crippen molar-refractivity contribution in [3.05, 3.63) is 71.4 Å². The Morgan fingerprint density at radius 3 is 2.52 bits per heavy atom. The molecule has 0 spiro atoms. The van der Waals surface area contributed by atoms with Crippen LogP contribution in [0.25, 0.3) is 11.3 Å². The standard InChI is InChI=1S/C23H28N4/c1-3-26-15-14-22-21(17-26)23(25-24-22)19-10-12-20(13-11-19)27(4-2)16-18-8-6-5-7-9-18/h5-13H,3-4,14-17H2,1-2H3,(H,24,25). The summed E-state index contributed by atoms with van der Waals surface area (Å²) < 4.78 is 0. The normalized spacial score (nSPS) is 14.1. The van der Waals surface area contributed by atoms with Gasteiger partial charge < -0.3 is 4.90 Å². The van der Waals surface area contributed by atoms with Crippen molar-refractivity contribution < 1.29 is 0 Å². The van der Waals surface area contributed by atoms with E-state index in [-0.39, 0.29) is 0 Å². The fourth-order valence-corrected chi connectivity index (χ4v) is 3.88. The second-order valence-corrected chi connectivity index (χ2v) is 7.19. The SMILES string of the molecule is CCN1CCc2[nH]nc(-c3ccc(N(CC)Cc4ccccc4)cc3)c2C1. The molecule has 4 heteroatoms. The lowest BCUT2D eigenvalue weighted by Crippen LogP contribution is -2.30. The topological polar surface area (TPSA) is 35.2 Å². The second-order valence-electron chi connectivity index (χ2n) is 7.19. The molecule has 140 valence electrons. The number of benzene rings is 2. The Morgan fingerprint density at radius 1 is 1.04 bits per heavy atom. The molecule has 0 fully saturated rings. The van der Waals surface area contributed by atoms with Gasteiger partial charge in [0.15, 0.2) is 0 Å². The molecule has 1 aromatic heterocycles. The summed E-state index contributed by atoms with van der Waals surface area (Å²) in [4.78, 5) is 4.88. The number of likely N-dealkylation sites (N-methyl/N-ethyl adjacent to an activating group) is 1. The number of anilines is 1. The summed E-state index contributed by atoms with van der Waals surface area (Å²) >= 11 is 0. The summed E-state index contributed by atoms with van der Waals surface area (Å²) in [6.45, 7) is 9.56. The summed E-state index contributed by atoms with van der Waals surface area (Å²) in [5.74, 6) is 0. The predicted molar refractivity (Wildman–Crippen MR) is 112 cm³/mol. The van der Waals surface area contributed by atoms with Crippen LogP contribution in [0.3, 0.4) is 0 Å². The van der Waals surface area contributed by atoms with E-state index in [1.54, 1.807) is 0 Å². The molecule has 3 aromatic rings. The van der Waals surface area contributed by atoms with E-state index < -0.39 is 0 Å². The summed E-state index contributed by atoms with van der Waals surface area (Å²) in [5.41, 5.74) is 7.57. The Morgan fingerprint density at radius 2 is 1.81 bits per heavy atom. The highest BCUT2D eigenvalue weighted by atomic mass is 15.2. The van der Waals surface area contributed by atoms with Crippen LogP contribution >= 0.6 is 0 Å². The van der Waals surface area contributed by atoms with Gasteiger partial charge in [-0.3, -0.25) is 10.00 Å². The van der Waals surface area contributed by atoms with Gasteiger partial charge in [-0.15, -0.1) is 0 Å². The van der Waals surface area contributed by atoms with Crippen molar-refractivity contribution in [2.45, 2.75) is 33.4 Å². The largest absolute Gasteiger partial charge is 0.367 e. The molecule has 27 heavy (non-hydrogen) atoms. The first-order valence-electron chi connectivity index (χ1n) is 9.96. The van der Waals surface area contributed by atoms with Gasteiger partial charge in [0.25, 0.3) is 0 Å². The van der Waals surface area contributed by atoms with Crippen LogP contribution in [0.2, 0.25) is 0 Å². The van der Waals surface area contributed by atoms with Gasteiger partial charge in [-0.1, -0.05) is 49.4 Å². The van der Waals surface area contributed by atoms with Crippen molar-refractivity contribution in [2.75, 3.05) is 24.5 Å². The van der Waals surface area contributed by atoms with Gasteiger partial charge >= 0.3 is 0 Å². The molecule has 0 unspecified atom stereocenters. The maximum Gasteiger partial charge on any atom is 0.0968 e. The number of fused-ring (bicyclic) bond motifs is 1. The minimum Gasteiger partial charge on any atom is -0.367 e. The average Bonchev–Trinajstić information content (AvgIpc) is 3.16. The minimum absolute atomic E-state index is 0.931. The van der Waals surface area contributed by atoms with Gasteiger partial charge in [0, 0.05) is 55.1 Å². The minimum atomic E-state index is 0.931. The molecule has 0 amide bonds. The third-order valence-electron chi connectivity index (χ3n) is 5.56. The zero-order valence-corrected chi connectivity index (χ0v) is 16.3.